The van der Waals surface area contributed by atoms with Crippen molar-refractivity contribution < 1.29 is 0 Å². The molecule has 0 atom stereocenters. The predicted octanol–water partition coefficient (Wildman–Crippen LogP) is 2.04. The van der Waals surface area contributed by atoms with Gasteiger partial charge in [-0.3, -0.25) is 4.98 Å². The van der Waals surface area contributed by atoms with E-state index in [-0.39, 0.29) is 5.41 Å². The van der Waals surface area contributed by atoms with Gasteiger partial charge >= 0.3 is 0 Å². The van der Waals surface area contributed by atoms with Crippen LogP contribution in [0.15, 0.2) is 24.5 Å². The van der Waals surface area contributed by atoms with E-state index >= 15 is 0 Å². The van der Waals surface area contributed by atoms with Crippen LogP contribution >= 0.6 is 0 Å². The van der Waals surface area contributed by atoms with Crippen LogP contribution < -0.4 is 5.32 Å². The van der Waals surface area contributed by atoms with Crippen molar-refractivity contribution in [1.29, 1.82) is 5.26 Å². The summed E-state index contributed by atoms with van der Waals surface area (Å²) in [6.45, 7) is 4.45. The minimum absolute atomic E-state index is 0.330. The van der Waals surface area contributed by atoms with Crippen LogP contribution in [0.3, 0.4) is 0 Å². The molecule has 1 heterocycles. The highest BCUT2D eigenvalue weighted by atomic mass is 14.9. The van der Waals surface area contributed by atoms with E-state index in [0.717, 1.165) is 5.69 Å². The lowest BCUT2D eigenvalue weighted by molar-refractivity contribution is 0.529. The summed E-state index contributed by atoms with van der Waals surface area (Å²) in [5, 5.41) is 11.9. The van der Waals surface area contributed by atoms with Gasteiger partial charge in [0.25, 0.3) is 0 Å². The van der Waals surface area contributed by atoms with E-state index in [9.17, 15) is 0 Å². The topological polar surface area (TPSA) is 48.7 Å². The van der Waals surface area contributed by atoms with Gasteiger partial charge < -0.3 is 5.32 Å². The molecule has 0 aliphatic heterocycles. The van der Waals surface area contributed by atoms with E-state index in [1.807, 2.05) is 26.0 Å². The van der Waals surface area contributed by atoms with Gasteiger partial charge in [-0.05, 0) is 26.0 Å². The van der Waals surface area contributed by atoms with Crippen molar-refractivity contribution in [2.75, 3.05) is 11.9 Å². The second kappa shape index (κ2) is 3.90. The molecular weight excluding hydrogens is 162 g/mol. The maximum Gasteiger partial charge on any atom is 0.0702 e. The van der Waals surface area contributed by atoms with Gasteiger partial charge in [0.05, 0.1) is 11.5 Å². The van der Waals surface area contributed by atoms with Crippen LogP contribution in [0.5, 0.6) is 0 Å². The van der Waals surface area contributed by atoms with Crippen LogP contribution in [0, 0.1) is 16.7 Å². The Balaban J connectivity index is 2.50. The maximum atomic E-state index is 8.77. The molecule has 0 saturated heterocycles. The third kappa shape index (κ3) is 3.12. The standard InChI is InChI=1S/C10H13N3/c1-10(2,7-11)8-13-9-3-5-12-6-4-9/h3-6H,8H2,1-2H3,(H,12,13). The molecule has 0 saturated carbocycles. The molecule has 0 unspecified atom stereocenters. The third-order valence-electron chi connectivity index (χ3n) is 1.72. The summed E-state index contributed by atoms with van der Waals surface area (Å²) in [5.74, 6) is 0. The maximum absolute atomic E-state index is 8.77. The van der Waals surface area contributed by atoms with E-state index in [4.69, 9.17) is 5.26 Å². The minimum atomic E-state index is -0.330. The fourth-order valence-corrected chi connectivity index (χ4v) is 0.832. The Kier molecular flexibility index (Phi) is 2.86. The van der Waals surface area contributed by atoms with Crippen LogP contribution in [0.1, 0.15) is 13.8 Å². The zero-order valence-electron chi connectivity index (χ0n) is 7.91. The van der Waals surface area contributed by atoms with E-state index < -0.39 is 0 Å². The van der Waals surface area contributed by atoms with Gasteiger partial charge in [0.15, 0.2) is 0 Å². The second-order valence-electron chi connectivity index (χ2n) is 3.59. The molecule has 1 rings (SSSR count). The molecule has 0 aliphatic carbocycles. The van der Waals surface area contributed by atoms with Crippen molar-refractivity contribution in [1.82, 2.24) is 4.98 Å². The SMILES string of the molecule is CC(C)(C#N)CNc1ccncc1. The van der Waals surface area contributed by atoms with Crippen LogP contribution in [-0.4, -0.2) is 11.5 Å². The van der Waals surface area contributed by atoms with Gasteiger partial charge in [-0.2, -0.15) is 5.26 Å². The van der Waals surface area contributed by atoms with Gasteiger partial charge in [-0.25, -0.2) is 0 Å². The zero-order valence-corrected chi connectivity index (χ0v) is 7.91. The summed E-state index contributed by atoms with van der Waals surface area (Å²) in [6.07, 6.45) is 3.45. The number of nitrogens with one attached hydrogen (secondary N) is 1. The molecule has 0 fully saturated rings. The predicted molar refractivity (Wildman–Crippen MR) is 52.1 cm³/mol. The van der Waals surface area contributed by atoms with Gasteiger partial charge in [0.1, 0.15) is 0 Å². The second-order valence-corrected chi connectivity index (χ2v) is 3.59. The third-order valence-corrected chi connectivity index (χ3v) is 1.72. The van der Waals surface area contributed by atoms with E-state index in [2.05, 4.69) is 16.4 Å². The largest absolute Gasteiger partial charge is 0.383 e. The lowest BCUT2D eigenvalue weighted by atomic mass is 9.96. The quantitative estimate of drug-likeness (QED) is 0.764. The van der Waals surface area contributed by atoms with E-state index in [0.29, 0.717) is 6.54 Å². The molecule has 3 nitrogen and oxygen atoms in total. The van der Waals surface area contributed by atoms with Crippen molar-refractivity contribution in [3.8, 4) is 6.07 Å². The van der Waals surface area contributed by atoms with Crippen LogP contribution in [-0.2, 0) is 0 Å². The summed E-state index contributed by atoms with van der Waals surface area (Å²) in [6, 6.07) is 6.00. The molecule has 3 heteroatoms. The molecule has 0 amide bonds. The highest BCUT2D eigenvalue weighted by Crippen LogP contribution is 2.14. The number of aromatic nitrogens is 1. The van der Waals surface area contributed by atoms with Crippen molar-refractivity contribution in [3.63, 3.8) is 0 Å². The molecule has 0 radical (unpaired) electrons. The van der Waals surface area contributed by atoms with Crippen molar-refractivity contribution >= 4 is 5.69 Å². The molecule has 0 aromatic carbocycles. The molecule has 0 bridgehead atoms. The average molecular weight is 175 g/mol. The summed E-state index contributed by atoms with van der Waals surface area (Å²) in [7, 11) is 0. The average Bonchev–Trinajstić information content (AvgIpc) is 2.17. The molecule has 68 valence electrons. The first-order chi connectivity index (χ1) is 6.14. The summed E-state index contributed by atoms with van der Waals surface area (Å²) >= 11 is 0. The highest BCUT2D eigenvalue weighted by Gasteiger charge is 2.15. The van der Waals surface area contributed by atoms with Crippen molar-refractivity contribution in [3.05, 3.63) is 24.5 Å². The van der Waals surface area contributed by atoms with Crippen LogP contribution in [0.2, 0.25) is 0 Å². The van der Waals surface area contributed by atoms with Gasteiger partial charge in [0, 0.05) is 24.6 Å². The van der Waals surface area contributed by atoms with Gasteiger partial charge in [-0.15, -0.1) is 0 Å². The Morgan fingerprint density at radius 3 is 2.62 bits per heavy atom. The summed E-state index contributed by atoms with van der Waals surface area (Å²) < 4.78 is 0. The fraction of sp³-hybridized carbons (Fsp3) is 0.400. The number of hydrogen-bond acceptors (Lipinski definition) is 3. The Morgan fingerprint density at radius 1 is 1.46 bits per heavy atom. The van der Waals surface area contributed by atoms with Gasteiger partial charge in [0.2, 0.25) is 0 Å². The molecule has 1 aromatic rings. The normalized spacial score (nSPS) is 10.5. The van der Waals surface area contributed by atoms with Crippen LogP contribution in [0.4, 0.5) is 5.69 Å². The monoisotopic (exact) mass is 175 g/mol. The summed E-state index contributed by atoms with van der Waals surface area (Å²) in [5.41, 5.74) is 0.668. The Morgan fingerprint density at radius 2 is 2.08 bits per heavy atom. The number of rotatable bonds is 3. The number of nitrogens with zero attached hydrogens (tertiary/aromatic N) is 2. The van der Waals surface area contributed by atoms with Crippen LogP contribution in [0.25, 0.3) is 0 Å². The summed E-state index contributed by atoms with van der Waals surface area (Å²) in [4.78, 5) is 3.90. The first kappa shape index (κ1) is 9.53. The highest BCUT2D eigenvalue weighted by molar-refractivity contribution is 5.41. The van der Waals surface area contributed by atoms with E-state index in [1.165, 1.54) is 0 Å². The molecular formula is C10H13N3. The molecule has 13 heavy (non-hydrogen) atoms. The van der Waals surface area contributed by atoms with Gasteiger partial charge in [-0.1, -0.05) is 0 Å². The Labute approximate surface area is 78.4 Å². The number of nitriles is 1. The fourth-order valence-electron chi connectivity index (χ4n) is 0.832. The molecule has 0 spiro atoms. The first-order valence-corrected chi connectivity index (χ1v) is 4.19. The Hall–Kier alpha value is -1.56. The smallest absolute Gasteiger partial charge is 0.0702 e. The zero-order chi connectivity index (χ0) is 9.73. The minimum Gasteiger partial charge on any atom is -0.383 e. The van der Waals surface area contributed by atoms with Crippen molar-refractivity contribution in [2.45, 2.75) is 13.8 Å². The number of hydrogen-bond donors (Lipinski definition) is 1. The first-order valence-electron chi connectivity index (χ1n) is 4.19. The lowest BCUT2D eigenvalue weighted by Gasteiger charge is -2.16. The molecule has 1 N–H and O–H groups in total. The number of pyridine rings is 1. The number of anilines is 1. The van der Waals surface area contributed by atoms with Crippen molar-refractivity contribution in [2.24, 2.45) is 5.41 Å². The molecule has 1 aromatic heterocycles. The van der Waals surface area contributed by atoms with E-state index in [1.54, 1.807) is 12.4 Å². The lowest BCUT2D eigenvalue weighted by Crippen LogP contribution is -2.20. The molecule has 0 aliphatic rings. The Bertz CT molecular complexity index is 298.